The molecule has 78 valence electrons. The number of halogens is 1. The molecular formula is C9H7ClN2O3. The summed E-state index contributed by atoms with van der Waals surface area (Å²) < 4.78 is 5.28. The van der Waals surface area contributed by atoms with E-state index in [-0.39, 0.29) is 12.8 Å². The minimum absolute atomic E-state index is 0.0133. The number of carboxylic acids is 1. The van der Waals surface area contributed by atoms with Gasteiger partial charge in [-0.1, -0.05) is 11.6 Å². The van der Waals surface area contributed by atoms with Crippen LogP contribution in [0.4, 0.5) is 0 Å². The van der Waals surface area contributed by atoms with Gasteiger partial charge in [0.2, 0.25) is 0 Å². The van der Waals surface area contributed by atoms with Crippen LogP contribution in [0.1, 0.15) is 12.3 Å². The van der Waals surface area contributed by atoms with Gasteiger partial charge in [0.05, 0.1) is 11.4 Å². The summed E-state index contributed by atoms with van der Waals surface area (Å²) in [6.07, 6.45) is 1.71. The van der Waals surface area contributed by atoms with Crippen molar-refractivity contribution >= 4 is 28.8 Å². The molecule has 6 heteroatoms. The van der Waals surface area contributed by atoms with Gasteiger partial charge in [0, 0.05) is 18.7 Å². The Labute approximate surface area is 89.7 Å². The Hall–Kier alpha value is -1.62. The molecule has 2 aromatic rings. The second-order valence-electron chi connectivity index (χ2n) is 2.98. The molecule has 0 aliphatic carbocycles. The van der Waals surface area contributed by atoms with Crippen molar-refractivity contribution in [3.05, 3.63) is 23.2 Å². The van der Waals surface area contributed by atoms with Gasteiger partial charge in [-0.15, -0.1) is 0 Å². The standard InChI is InChI=1S/C9H7ClN2O3/c10-5-3-6-9(11-4-5)12-7(15-6)1-2-8(13)14/h3-4H,1-2H2,(H,13,14). The Kier molecular flexibility index (Phi) is 2.55. The number of hydrogen-bond donors (Lipinski definition) is 1. The van der Waals surface area contributed by atoms with Gasteiger partial charge >= 0.3 is 5.97 Å². The highest BCUT2D eigenvalue weighted by Gasteiger charge is 2.08. The van der Waals surface area contributed by atoms with E-state index >= 15 is 0 Å². The van der Waals surface area contributed by atoms with Crippen molar-refractivity contribution in [2.24, 2.45) is 0 Å². The number of fused-ring (bicyclic) bond motifs is 1. The second-order valence-corrected chi connectivity index (χ2v) is 3.41. The molecule has 0 bridgehead atoms. The fourth-order valence-electron chi connectivity index (χ4n) is 1.16. The van der Waals surface area contributed by atoms with E-state index in [4.69, 9.17) is 21.1 Å². The Morgan fingerprint density at radius 3 is 3.13 bits per heavy atom. The van der Waals surface area contributed by atoms with E-state index in [9.17, 15) is 4.79 Å². The first-order chi connectivity index (χ1) is 7.15. The normalized spacial score (nSPS) is 10.7. The highest BCUT2D eigenvalue weighted by Crippen LogP contribution is 2.18. The monoisotopic (exact) mass is 226 g/mol. The molecule has 0 saturated carbocycles. The van der Waals surface area contributed by atoms with E-state index in [1.807, 2.05) is 0 Å². The van der Waals surface area contributed by atoms with E-state index in [1.54, 1.807) is 6.07 Å². The molecule has 0 aliphatic rings. The molecule has 0 unspecified atom stereocenters. The van der Waals surface area contributed by atoms with E-state index in [1.165, 1.54) is 6.20 Å². The minimum Gasteiger partial charge on any atom is -0.481 e. The largest absolute Gasteiger partial charge is 0.481 e. The number of nitrogens with zero attached hydrogens (tertiary/aromatic N) is 2. The molecule has 0 saturated heterocycles. The molecule has 5 nitrogen and oxygen atoms in total. The summed E-state index contributed by atoms with van der Waals surface area (Å²) in [4.78, 5) is 18.3. The van der Waals surface area contributed by atoms with Crippen LogP contribution < -0.4 is 0 Å². The van der Waals surface area contributed by atoms with Crippen molar-refractivity contribution in [3.63, 3.8) is 0 Å². The molecular weight excluding hydrogens is 220 g/mol. The predicted octanol–water partition coefficient (Wildman–Crippen LogP) is 1.89. The molecule has 0 aromatic carbocycles. The zero-order valence-corrected chi connectivity index (χ0v) is 8.36. The third-order valence-electron chi connectivity index (χ3n) is 1.81. The quantitative estimate of drug-likeness (QED) is 0.865. The summed E-state index contributed by atoms with van der Waals surface area (Å²) >= 11 is 5.71. The van der Waals surface area contributed by atoms with Crippen LogP contribution in [0, 0.1) is 0 Å². The van der Waals surface area contributed by atoms with Crippen LogP contribution in [0.3, 0.4) is 0 Å². The number of rotatable bonds is 3. The Morgan fingerprint density at radius 1 is 1.60 bits per heavy atom. The Morgan fingerprint density at radius 2 is 2.40 bits per heavy atom. The number of aliphatic carboxylic acids is 1. The third kappa shape index (κ3) is 2.24. The molecule has 0 amide bonds. The van der Waals surface area contributed by atoms with Gasteiger partial charge in [0.1, 0.15) is 0 Å². The van der Waals surface area contributed by atoms with E-state index in [2.05, 4.69) is 9.97 Å². The highest BCUT2D eigenvalue weighted by molar-refractivity contribution is 6.30. The number of aryl methyl sites for hydroxylation is 1. The number of pyridine rings is 1. The van der Waals surface area contributed by atoms with Gasteiger partial charge in [0.25, 0.3) is 0 Å². The van der Waals surface area contributed by atoms with Gasteiger partial charge in [-0.25, -0.2) is 4.98 Å². The summed E-state index contributed by atoms with van der Waals surface area (Å²) in [5, 5.41) is 8.95. The SMILES string of the molecule is O=C(O)CCc1nc2ncc(Cl)cc2o1. The van der Waals surface area contributed by atoms with Crippen molar-refractivity contribution in [2.45, 2.75) is 12.8 Å². The number of carboxylic acid groups (broad SMARTS) is 1. The average molecular weight is 227 g/mol. The molecule has 2 heterocycles. The first-order valence-corrected chi connectivity index (χ1v) is 4.66. The fraction of sp³-hybridized carbons (Fsp3) is 0.222. The first kappa shape index (κ1) is 9.92. The lowest BCUT2D eigenvalue weighted by Crippen LogP contribution is -1.97. The molecule has 0 aliphatic heterocycles. The minimum atomic E-state index is -0.886. The van der Waals surface area contributed by atoms with Crippen molar-refractivity contribution in [3.8, 4) is 0 Å². The zero-order chi connectivity index (χ0) is 10.8. The van der Waals surface area contributed by atoms with E-state index in [0.29, 0.717) is 22.1 Å². The maximum Gasteiger partial charge on any atom is 0.303 e. The zero-order valence-electron chi connectivity index (χ0n) is 7.61. The maximum atomic E-state index is 10.3. The van der Waals surface area contributed by atoms with Crippen molar-refractivity contribution in [2.75, 3.05) is 0 Å². The maximum absolute atomic E-state index is 10.3. The van der Waals surface area contributed by atoms with Gasteiger partial charge in [-0.2, -0.15) is 4.98 Å². The van der Waals surface area contributed by atoms with Crippen LogP contribution in [-0.4, -0.2) is 21.0 Å². The van der Waals surface area contributed by atoms with Gasteiger partial charge in [0.15, 0.2) is 17.1 Å². The second kappa shape index (κ2) is 3.86. The molecule has 2 rings (SSSR count). The van der Waals surface area contributed by atoms with Crippen LogP contribution in [-0.2, 0) is 11.2 Å². The molecule has 2 aromatic heterocycles. The molecule has 0 spiro atoms. The van der Waals surface area contributed by atoms with E-state index in [0.717, 1.165) is 0 Å². The summed E-state index contributed by atoms with van der Waals surface area (Å²) in [6.45, 7) is 0. The Bertz CT molecular complexity index is 509. The third-order valence-corrected chi connectivity index (χ3v) is 2.02. The summed E-state index contributed by atoms with van der Waals surface area (Å²) in [6, 6.07) is 1.60. The molecule has 15 heavy (non-hydrogen) atoms. The summed E-state index contributed by atoms with van der Waals surface area (Å²) in [5.41, 5.74) is 0.919. The number of oxazole rings is 1. The van der Waals surface area contributed by atoms with Crippen LogP contribution in [0.2, 0.25) is 5.02 Å². The highest BCUT2D eigenvalue weighted by atomic mass is 35.5. The van der Waals surface area contributed by atoms with Crippen LogP contribution in [0.5, 0.6) is 0 Å². The molecule has 0 radical (unpaired) electrons. The smallest absolute Gasteiger partial charge is 0.303 e. The molecule has 1 N–H and O–H groups in total. The lowest BCUT2D eigenvalue weighted by Gasteiger charge is -1.88. The van der Waals surface area contributed by atoms with Gasteiger partial charge in [-0.3, -0.25) is 4.79 Å². The van der Waals surface area contributed by atoms with E-state index < -0.39 is 5.97 Å². The summed E-state index contributed by atoms with van der Waals surface area (Å²) in [5.74, 6) is -0.523. The molecule has 0 fully saturated rings. The summed E-state index contributed by atoms with van der Waals surface area (Å²) in [7, 11) is 0. The fourth-order valence-corrected chi connectivity index (χ4v) is 1.31. The van der Waals surface area contributed by atoms with Crippen LogP contribution in [0.25, 0.3) is 11.2 Å². The van der Waals surface area contributed by atoms with Gasteiger partial charge < -0.3 is 9.52 Å². The topological polar surface area (TPSA) is 76.2 Å². The number of aromatic nitrogens is 2. The van der Waals surface area contributed by atoms with Crippen molar-refractivity contribution < 1.29 is 14.3 Å². The lowest BCUT2D eigenvalue weighted by atomic mass is 10.3. The van der Waals surface area contributed by atoms with Crippen LogP contribution >= 0.6 is 11.6 Å². The first-order valence-electron chi connectivity index (χ1n) is 4.28. The molecule has 0 atom stereocenters. The number of hydrogen-bond acceptors (Lipinski definition) is 4. The van der Waals surface area contributed by atoms with Crippen molar-refractivity contribution in [1.82, 2.24) is 9.97 Å². The predicted molar refractivity (Wildman–Crippen MR) is 52.8 cm³/mol. The van der Waals surface area contributed by atoms with Crippen LogP contribution in [0.15, 0.2) is 16.7 Å². The number of carbonyl (C=O) groups is 1. The lowest BCUT2D eigenvalue weighted by molar-refractivity contribution is -0.137. The average Bonchev–Trinajstić information content (AvgIpc) is 2.56. The van der Waals surface area contributed by atoms with Gasteiger partial charge in [-0.05, 0) is 0 Å². The van der Waals surface area contributed by atoms with Crippen molar-refractivity contribution in [1.29, 1.82) is 0 Å². The Balaban J connectivity index is 2.27.